The smallest absolute Gasteiger partial charge is 0.313 e. The van der Waals surface area contributed by atoms with Crippen LogP contribution in [0.4, 0.5) is 5.69 Å². The Bertz CT molecular complexity index is 619. The fourth-order valence-corrected chi connectivity index (χ4v) is 2.48. The first-order chi connectivity index (χ1) is 8.49. The van der Waals surface area contributed by atoms with E-state index in [4.69, 9.17) is 16.3 Å². The van der Waals surface area contributed by atoms with Crippen molar-refractivity contribution in [2.24, 2.45) is 0 Å². The van der Waals surface area contributed by atoms with Crippen molar-refractivity contribution < 1.29 is 9.66 Å². The van der Waals surface area contributed by atoms with Crippen molar-refractivity contribution >= 4 is 44.9 Å². The molecule has 0 saturated carbocycles. The van der Waals surface area contributed by atoms with Crippen LogP contribution in [0.15, 0.2) is 16.6 Å². The van der Waals surface area contributed by atoms with E-state index in [0.717, 1.165) is 11.7 Å². The zero-order chi connectivity index (χ0) is 13.3. The summed E-state index contributed by atoms with van der Waals surface area (Å²) in [6, 6.07) is 3.06. The zero-order valence-electron chi connectivity index (χ0n) is 8.89. The minimum Gasteiger partial charge on any atom is -0.428 e. The van der Waals surface area contributed by atoms with E-state index >= 15 is 0 Å². The predicted molar refractivity (Wildman–Crippen MR) is 70.5 cm³/mol. The average molecular weight is 351 g/mol. The van der Waals surface area contributed by atoms with Crippen LogP contribution >= 0.6 is 39.3 Å². The SMILES string of the molecule is Cc1cc(Br)cc([N+](=O)[O-])c1Oc1nsnc1Cl. The molecule has 0 radical (unpaired) electrons. The summed E-state index contributed by atoms with van der Waals surface area (Å²) in [5, 5.41) is 11.1. The first-order valence-corrected chi connectivity index (χ1v) is 6.49. The number of rotatable bonds is 3. The number of nitro benzene ring substituents is 1. The van der Waals surface area contributed by atoms with Gasteiger partial charge in [0.2, 0.25) is 10.9 Å². The second kappa shape index (κ2) is 5.17. The lowest BCUT2D eigenvalue weighted by Gasteiger charge is -2.07. The van der Waals surface area contributed by atoms with Crippen molar-refractivity contribution in [2.45, 2.75) is 6.92 Å². The lowest BCUT2D eigenvalue weighted by Crippen LogP contribution is -1.96. The minimum absolute atomic E-state index is 0.0650. The predicted octanol–water partition coefficient (Wildman–Crippen LogP) is 3.96. The Morgan fingerprint density at radius 1 is 1.50 bits per heavy atom. The lowest BCUT2D eigenvalue weighted by molar-refractivity contribution is -0.385. The van der Waals surface area contributed by atoms with Gasteiger partial charge in [0.1, 0.15) is 0 Å². The average Bonchev–Trinajstić information content (AvgIpc) is 2.67. The van der Waals surface area contributed by atoms with Crippen LogP contribution in [0, 0.1) is 17.0 Å². The maximum Gasteiger partial charge on any atom is 0.313 e. The van der Waals surface area contributed by atoms with E-state index in [2.05, 4.69) is 24.7 Å². The summed E-state index contributed by atoms with van der Waals surface area (Å²) >= 11 is 9.81. The number of ether oxygens (including phenoxy) is 1. The molecule has 0 aliphatic heterocycles. The Morgan fingerprint density at radius 2 is 2.22 bits per heavy atom. The third kappa shape index (κ3) is 2.60. The molecule has 0 amide bonds. The van der Waals surface area contributed by atoms with Gasteiger partial charge in [0.25, 0.3) is 5.88 Å². The number of hydrogen-bond acceptors (Lipinski definition) is 6. The van der Waals surface area contributed by atoms with Crippen molar-refractivity contribution in [3.8, 4) is 11.6 Å². The molecule has 94 valence electrons. The number of nitro groups is 1. The van der Waals surface area contributed by atoms with E-state index in [1.54, 1.807) is 13.0 Å². The van der Waals surface area contributed by atoms with E-state index in [0.29, 0.717) is 10.0 Å². The lowest BCUT2D eigenvalue weighted by atomic mass is 10.2. The second-order valence-corrected chi connectivity index (χ2v) is 5.09. The Kier molecular flexibility index (Phi) is 3.79. The first-order valence-electron chi connectivity index (χ1n) is 4.59. The Morgan fingerprint density at radius 3 is 2.78 bits per heavy atom. The molecule has 0 saturated heterocycles. The van der Waals surface area contributed by atoms with E-state index < -0.39 is 4.92 Å². The van der Waals surface area contributed by atoms with Gasteiger partial charge in [0.15, 0.2) is 0 Å². The second-order valence-electron chi connectivity index (χ2n) is 3.29. The highest BCUT2D eigenvalue weighted by molar-refractivity contribution is 9.10. The van der Waals surface area contributed by atoms with Crippen LogP contribution in [0.1, 0.15) is 5.56 Å². The number of hydrogen-bond donors (Lipinski definition) is 0. The summed E-state index contributed by atoms with van der Waals surface area (Å²) in [5.41, 5.74) is 0.436. The first kappa shape index (κ1) is 13.2. The van der Waals surface area contributed by atoms with Gasteiger partial charge in [0.05, 0.1) is 16.7 Å². The highest BCUT2D eigenvalue weighted by Gasteiger charge is 2.21. The molecular formula is C9H5BrClN3O3S. The minimum atomic E-state index is -0.527. The molecule has 0 fully saturated rings. The van der Waals surface area contributed by atoms with E-state index in [9.17, 15) is 10.1 Å². The Hall–Kier alpha value is -1.25. The van der Waals surface area contributed by atoms with Crippen molar-refractivity contribution in [1.29, 1.82) is 0 Å². The quantitative estimate of drug-likeness (QED) is 0.618. The highest BCUT2D eigenvalue weighted by Crippen LogP contribution is 2.38. The van der Waals surface area contributed by atoms with Gasteiger partial charge in [-0.25, -0.2) is 0 Å². The monoisotopic (exact) mass is 349 g/mol. The Labute approximate surface area is 119 Å². The van der Waals surface area contributed by atoms with Crippen LogP contribution in [0.5, 0.6) is 11.6 Å². The van der Waals surface area contributed by atoms with Crippen LogP contribution in [-0.4, -0.2) is 13.7 Å². The van der Waals surface area contributed by atoms with Crippen LogP contribution in [0.2, 0.25) is 5.15 Å². The number of nitrogens with zero attached hydrogens (tertiary/aromatic N) is 3. The van der Waals surface area contributed by atoms with Crippen molar-refractivity contribution in [2.75, 3.05) is 0 Å². The standard InChI is InChI=1S/C9H5BrClN3O3S/c1-4-2-5(10)3-6(14(15)16)7(4)17-9-8(11)12-18-13-9/h2-3H,1H3. The molecule has 6 nitrogen and oxygen atoms in total. The van der Waals surface area contributed by atoms with Crippen molar-refractivity contribution in [1.82, 2.24) is 8.75 Å². The van der Waals surface area contributed by atoms with Gasteiger partial charge in [-0.15, -0.1) is 4.37 Å². The topological polar surface area (TPSA) is 78.2 Å². The largest absolute Gasteiger partial charge is 0.428 e. The molecule has 0 bridgehead atoms. The highest BCUT2D eigenvalue weighted by atomic mass is 79.9. The van der Waals surface area contributed by atoms with Crippen LogP contribution in [-0.2, 0) is 0 Å². The third-order valence-corrected chi connectivity index (χ3v) is 3.35. The van der Waals surface area contributed by atoms with E-state index in [1.807, 2.05) is 0 Å². The molecule has 1 heterocycles. The number of benzene rings is 1. The van der Waals surface area contributed by atoms with Gasteiger partial charge in [0, 0.05) is 16.1 Å². The summed E-state index contributed by atoms with van der Waals surface area (Å²) in [5.74, 6) is 0.174. The molecule has 1 aromatic carbocycles. The normalized spacial score (nSPS) is 10.4. The third-order valence-electron chi connectivity index (χ3n) is 2.04. The summed E-state index contributed by atoms with van der Waals surface area (Å²) in [6.45, 7) is 1.70. The molecule has 9 heteroatoms. The molecule has 2 rings (SSSR count). The zero-order valence-corrected chi connectivity index (χ0v) is 12.0. The van der Waals surface area contributed by atoms with Gasteiger partial charge < -0.3 is 4.74 Å². The van der Waals surface area contributed by atoms with Crippen LogP contribution < -0.4 is 4.74 Å². The molecule has 0 N–H and O–H groups in total. The fraction of sp³-hybridized carbons (Fsp3) is 0.111. The number of halogens is 2. The van der Waals surface area contributed by atoms with Crippen LogP contribution in [0.25, 0.3) is 0 Å². The van der Waals surface area contributed by atoms with Crippen molar-refractivity contribution in [3.05, 3.63) is 37.4 Å². The van der Waals surface area contributed by atoms with Gasteiger partial charge in [-0.2, -0.15) is 4.37 Å². The molecule has 0 unspecified atom stereocenters. The van der Waals surface area contributed by atoms with Crippen LogP contribution in [0.3, 0.4) is 0 Å². The summed E-state index contributed by atoms with van der Waals surface area (Å²) in [6.07, 6.45) is 0. The maximum absolute atomic E-state index is 11.0. The van der Waals surface area contributed by atoms with Crippen molar-refractivity contribution in [3.63, 3.8) is 0 Å². The Balaban J connectivity index is 2.50. The van der Waals surface area contributed by atoms with E-state index in [1.165, 1.54) is 6.07 Å². The summed E-state index contributed by atoms with van der Waals surface area (Å²) in [4.78, 5) is 10.5. The molecule has 0 spiro atoms. The summed E-state index contributed by atoms with van der Waals surface area (Å²) in [7, 11) is 0. The molecule has 1 aromatic heterocycles. The fourth-order valence-electron chi connectivity index (χ4n) is 1.31. The number of aromatic nitrogens is 2. The van der Waals surface area contributed by atoms with Gasteiger partial charge in [-0.05, 0) is 13.0 Å². The van der Waals surface area contributed by atoms with Gasteiger partial charge in [-0.1, -0.05) is 27.5 Å². The molecule has 18 heavy (non-hydrogen) atoms. The molecule has 0 aliphatic rings. The molecule has 2 aromatic rings. The molecule has 0 aliphatic carbocycles. The molecule has 0 atom stereocenters. The van der Waals surface area contributed by atoms with Gasteiger partial charge >= 0.3 is 5.69 Å². The molecular weight excluding hydrogens is 346 g/mol. The van der Waals surface area contributed by atoms with Gasteiger partial charge in [-0.3, -0.25) is 10.1 Å². The summed E-state index contributed by atoms with van der Waals surface area (Å²) < 4.78 is 13.5. The number of aryl methyl sites for hydroxylation is 1. The van der Waals surface area contributed by atoms with E-state index in [-0.39, 0.29) is 22.5 Å². The maximum atomic E-state index is 11.0.